The Kier molecular flexibility index (Phi) is 16.1. The van der Waals surface area contributed by atoms with Gasteiger partial charge in [-0.2, -0.15) is 10.2 Å². The number of nitrogens with one attached hydrogen (secondary N) is 2. The van der Waals surface area contributed by atoms with Crippen molar-refractivity contribution in [2.75, 3.05) is 19.5 Å². The van der Waals surface area contributed by atoms with Gasteiger partial charge in [0.25, 0.3) is 5.56 Å². The van der Waals surface area contributed by atoms with Crippen molar-refractivity contribution in [3.8, 4) is 22.6 Å². The van der Waals surface area contributed by atoms with Gasteiger partial charge < -0.3 is 19.8 Å². The van der Waals surface area contributed by atoms with E-state index < -0.39 is 5.20 Å². The molecule has 3 aromatic heterocycles. The predicted molar refractivity (Wildman–Crippen MR) is 230 cm³/mol. The number of aromatic nitrogens is 5. The number of halogens is 4. The lowest BCUT2D eigenvalue weighted by molar-refractivity contribution is 0.414. The van der Waals surface area contributed by atoms with E-state index in [9.17, 15) is 9.36 Å². The minimum Gasteiger partial charge on any atom is -0.497 e. The number of anilines is 1. The van der Waals surface area contributed by atoms with E-state index in [4.69, 9.17) is 21.1 Å². The molecule has 10 nitrogen and oxygen atoms in total. The summed E-state index contributed by atoms with van der Waals surface area (Å²) in [5.41, 5.74) is 7.24. The Balaban J connectivity index is 0.000000202. The number of rotatable bonds is 6. The fraction of sp³-hybridized carbons (Fsp3) is 0.225. The van der Waals surface area contributed by atoms with Gasteiger partial charge >= 0.3 is 5.20 Å². The van der Waals surface area contributed by atoms with Gasteiger partial charge in [-0.3, -0.25) is 18.7 Å². The zero-order valence-electron chi connectivity index (χ0n) is 31.3. The summed E-state index contributed by atoms with van der Waals surface area (Å²) in [7, 11) is 3.31. The Bertz CT molecular complexity index is 2380. The van der Waals surface area contributed by atoms with Crippen molar-refractivity contribution in [1.82, 2.24) is 24.5 Å². The summed E-state index contributed by atoms with van der Waals surface area (Å²) < 4.78 is 23.6. The zero-order valence-corrected chi connectivity index (χ0v) is 35.2. The molecule has 4 heterocycles. The molecule has 0 saturated carbocycles. The highest BCUT2D eigenvalue weighted by molar-refractivity contribution is 8.24. The van der Waals surface area contributed by atoms with Gasteiger partial charge in [-0.05, 0) is 81.2 Å². The second kappa shape index (κ2) is 20.5. The van der Waals surface area contributed by atoms with Gasteiger partial charge in [0.05, 0.1) is 27.3 Å². The molecule has 0 fully saturated rings. The SMILES string of the molecule is CC.CC.COc1ccc(Cn2cc3c(n2)C(Cl)Nc2ccccc2-3)cc1.COc1ccc(Cn2cc3c(n2)c(=O)[nH]c2ccccc23)cc1.O=P(Cl)(Cl)Cl. The third-order valence-electron chi connectivity index (χ3n) is 7.98. The average Bonchev–Trinajstić information content (AvgIpc) is 3.83. The first-order valence-corrected chi connectivity index (χ1v) is 22.4. The van der Waals surface area contributed by atoms with Gasteiger partial charge in [-0.1, -0.05) is 100.0 Å². The monoisotopic (exact) mass is 842 g/mol. The maximum absolute atomic E-state index is 12.2. The molecule has 55 heavy (non-hydrogen) atoms. The molecule has 2 N–H and O–H groups in total. The van der Waals surface area contributed by atoms with Gasteiger partial charge in [0.15, 0.2) is 5.52 Å². The third kappa shape index (κ3) is 11.8. The lowest BCUT2D eigenvalue weighted by Gasteiger charge is -2.21. The second-order valence-electron chi connectivity index (χ2n) is 11.4. The number of pyridine rings is 1. The highest BCUT2D eigenvalue weighted by atomic mass is 36.0. The topological polar surface area (TPSA) is 116 Å². The first-order chi connectivity index (χ1) is 26.5. The van der Waals surface area contributed by atoms with E-state index in [2.05, 4.69) is 66.5 Å². The molecule has 1 unspecified atom stereocenters. The van der Waals surface area contributed by atoms with Gasteiger partial charge in [-0.15, -0.1) is 0 Å². The highest BCUT2D eigenvalue weighted by Crippen LogP contribution is 2.61. The van der Waals surface area contributed by atoms with Crippen LogP contribution in [0, 0.1) is 0 Å². The third-order valence-corrected chi connectivity index (χ3v) is 8.30. The summed E-state index contributed by atoms with van der Waals surface area (Å²) in [6, 6.07) is 31.7. The highest BCUT2D eigenvalue weighted by Gasteiger charge is 2.25. The average molecular weight is 845 g/mol. The number of H-pyrrole nitrogens is 1. The number of methoxy groups -OCH3 is 2. The lowest BCUT2D eigenvalue weighted by atomic mass is 10.0. The molecule has 4 aromatic carbocycles. The van der Waals surface area contributed by atoms with E-state index in [1.807, 2.05) is 130 Å². The Morgan fingerprint density at radius 2 is 1.20 bits per heavy atom. The fourth-order valence-electron chi connectivity index (χ4n) is 5.67. The molecule has 290 valence electrons. The van der Waals surface area contributed by atoms with E-state index in [0.29, 0.717) is 18.6 Å². The molecule has 0 saturated heterocycles. The summed E-state index contributed by atoms with van der Waals surface area (Å²) in [6.07, 6.45) is 3.99. The Labute approximate surface area is 340 Å². The lowest BCUT2D eigenvalue weighted by Crippen LogP contribution is -2.11. The van der Waals surface area contributed by atoms with E-state index in [0.717, 1.165) is 61.4 Å². The molecule has 1 aliphatic heterocycles. The summed E-state index contributed by atoms with van der Waals surface area (Å²) in [4.78, 5) is 15.1. The summed E-state index contributed by atoms with van der Waals surface area (Å²) >= 11 is 20.3. The van der Waals surface area contributed by atoms with Crippen molar-refractivity contribution in [3.63, 3.8) is 0 Å². The van der Waals surface area contributed by atoms with Crippen molar-refractivity contribution in [2.24, 2.45) is 0 Å². The first kappa shape index (κ1) is 43.3. The Morgan fingerprint density at radius 1 is 0.691 bits per heavy atom. The number of para-hydroxylation sites is 2. The molecular weight excluding hydrogens is 801 g/mol. The number of aromatic amines is 1. The first-order valence-electron chi connectivity index (χ1n) is 17.5. The molecule has 0 spiro atoms. The minimum absolute atomic E-state index is 0.160. The molecular formula is C40H43Cl4N6O4P. The smallest absolute Gasteiger partial charge is 0.339 e. The van der Waals surface area contributed by atoms with E-state index in [1.165, 1.54) is 0 Å². The molecule has 1 atom stereocenters. The number of ether oxygens (including phenoxy) is 2. The maximum Gasteiger partial charge on any atom is 0.339 e. The second-order valence-corrected chi connectivity index (χ2v) is 18.4. The number of hydrogen-bond donors (Lipinski definition) is 2. The standard InChI is InChI=1S/C18H16ClN3O.C18H15N3O2.2C2H6.Cl3OP/c1-23-13-8-6-12(7-9-13)10-22-11-15-14-4-2-3-5-16(14)20-18(19)17(15)21-22;1-23-13-8-6-12(7-9-13)10-21-11-15-14-4-2-3-5-16(14)19-18(22)17(15)20-21;2*1-2;1-5(2,3)4/h2-9,11,18,20H,10H2,1H3;2-9,11H,10H2,1H3,(H,19,22);2*1-2H3;. The van der Waals surface area contributed by atoms with Crippen LogP contribution in [-0.4, -0.2) is 38.8 Å². The van der Waals surface area contributed by atoms with Crippen LogP contribution >= 0.6 is 50.5 Å². The Hall–Kier alpha value is -4.44. The molecule has 1 aliphatic rings. The molecule has 0 aliphatic carbocycles. The minimum atomic E-state index is -3.22. The van der Waals surface area contributed by atoms with Crippen LogP contribution in [-0.2, 0) is 17.7 Å². The number of alkyl halides is 1. The molecule has 8 rings (SSSR count). The maximum atomic E-state index is 12.2. The van der Waals surface area contributed by atoms with E-state index >= 15 is 0 Å². The van der Waals surface area contributed by atoms with Crippen LogP contribution in [0.2, 0.25) is 0 Å². The molecule has 0 bridgehead atoms. The fourth-order valence-corrected chi connectivity index (χ4v) is 5.95. The van der Waals surface area contributed by atoms with Crippen molar-refractivity contribution in [2.45, 2.75) is 46.3 Å². The summed E-state index contributed by atoms with van der Waals surface area (Å²) in [5, 5.41) is 11.0. The molecule has 7 aromatic rings. The van der Waals surface area contributed by atoms with Gasteiger partial charge in [0.1, 0.15) is 22.7 Å². The predicted octanol–water partition coefficient (Wildman–Crippen LogP) is 12.1. The zero-order chi connectivity index (χ0) is 40.1. The van der Waals surface area contributed by atoms with Crippen molar-refractivity contribution < 1.29 is 14.0 Å². The van der Waals surface area contributed by atoms with E-state index in [1.54, 1.807) is 18.9 Å². The van der Waals surface area contributed by atoms with Crippen LogP contribution in [0.5, 0.6) is 11.5 Å². The molecule has 0 radical (unpaired) electrons. The number of fused-ring (bicyclic) bond motifs is 6. The van der Waals surface area contributed by atoms with Crippen molar-refractivity contribution >= 4 is 78.0 Å². The van der Waals surface area contributed by atoms with Crippen LogP contribution in [0.25, 0.3) is 32.9 Å². The summed E-state index contributed by atoms with van der Waals surface area (Å²) in [5.74, 6) is 1.68. The summed E-state index contributed by atoms with van der Waals surface area (Å²) in [6.45, 7) is 9.30. The van der Waals surface area contributed by atoms with Crippen LogP contribution in [0.15, 0.2) is 114 Å². The number of benzene rings is 4. The Morgan fingerprint density at radius 3 is 1.76 bits per heavy atom. The normalized spacial score (nSPS) is 12.4. The van der Waals surface area contributed by atoms with Crippen LogP contribution in [0.3, 0.4) is 0 Å². The number of hydrogen-bond acceptors (Lipinski definition) is 7. The van der Waals surface area contributed by atoms with Crippen LogP contribution in [0.1, 0.15) is 50.0 Å². The van der Waals surface area contributed by atoms with Crippen molar-refractivity contribution in [1.29, 1.82) is 0 Å². The van der Waals surface area contributed by atoms with E-state index in [-0.39, 0.29) is 11.1 Å². The van der Waals surface area contributed by atoms with Gasteiger partial charge in [0.2, 0.25) is 0 Å². The molecule has 0 amide bonds. The van der Waals surface area contributed by atoms with Crippen molar-refractivity contribution in [3.05, 3.63) is 137 Å². The largest absolute Gasteiger partial charge is 0.497 e. The van der Waals surface area contributed by atoms with Gasteiger partial charge in [-0.25, -0.2) is 0 Å². The molecule has 15 heteroatoms. The number of nitrogens with zero attached hydrogens (tertiary/aromatic N) is 4. The van der Waals surface area contributed by atoms with Gasteiger partial charge in [0, 0.05) is 45.5 Å². The van der Waals surface area contributed by atoms with Crippen LogP contribution in [0.4, 0.5) is 5.69 Å². The quantitative estimate of drug-likeness (QED) is 0.0973. The van der Waals surface area contributed by atoms with Crippen LogP contribution < -0.4 is 20.3 Å².